The van der Waals surface area contributed by atoms with E-state index in [2.05, 4.69) is 10.6 Å². The molecule has 18 heavy (non-hydrogen) atoms. The summed E-state index contributed by atoms with van der Waals surface area (Å²) in [5.41, 5.74) is 2.20. The van der Waals surface area contributed by atoms with Crippen molar-refractivity contribution in [2.24, 2.45) is 0 Å². The Labute approximate surface area is 110 Å². The van der Waals surface area contributed by atoms with Crippen molar-refractivity contribution in [1.29, 1.82) is 0 Å². The number of rotatable bonds is 4. The van der Waals surface area contributed by atoms with Gasteiger partial charge in [0.1, 0.15) is 6.04 Å². The lowest BCUT2D eigenvalue weighted by Gasteiger charge is -2.16. The summed E-state index contributed by atoms with van der Waals surface area (Å²) in [6, 6.07) is 7.66. The van der Waals surface area contributed by atoms with E-state index in [1.807, 2.05) is 31.2 Å². The van der Waals surface area contributed by atoms with E-state index in [9.17, 15) is 9.00 Å². The number of carbonyl (C=O) groups is 1. The largest absolute Gasteiger partial charge is 0.373 e. The van der Waals surface area contributed by atoms with Gasteiger partial charge in [0.25, 0.3) is 0 Å². The molecule has 1 amide bonds. The number of amides is 1. The molecule has 1 aromatic rings. The molecule has 4 nitrogen and oxygen atoms in total. The molecular weight excluding hydrogens is 248 g/mol. The number of nitrogens with one attached hydrogen (secondary N) is 2. The third-order valence-corrected chi connectivity index (χ3v) is 3.93. The van der Waals surface area contributed by atoms with Crippen LogP contribution in [0.25, 0.3) is 0 Å². The molecule has 0 saturated carbocycles. The Bertz CT molecular complexity index is 451. The van der Waals surface area contributed by atoms with Crippen molar-refractivity contribution < 1.29 is 9.00 Å². The Hall–Kier alpha value is -1.36. The molecule has 1 aliphatic rings. The molecule has 3 unspecified atom stereocenters. The lowest BCUT2D eigenvalue weighted by atomic mass is 10.1. The van der Waals surface area contributed by atoms with E-state index in [0.717, 1.165) is 5.69 Å². The van der Waals surface area contributed by atoms with Crippen LogP contribution in [0.5, 0.6) is 0 Å². The van der Waals surface area contributed by atoms with Gasteiger partial charge in [-0.15, -0.1) is 0 Å². The van der Waals surface area contributed by atoms with E-state index in [4.69, 9.17) is 0 Å². The zero-order valence-corrected chi connectivity index (χ0v) is 11.4. The number of hydrogen-bond acceptors (Lipinski definition) is 3. The van der Waals surface area contributed by atoms with Crippen LogP contribution in [-0.4, -0.2) is 34.2 Å². The van der Waals surface area contributed by atoms with Gasteiger partial charge in [-0.3, -0.25) is 9.00 Å². The Morgan fingerprint density at radius 1 is 1.56 bits per heavy atom. The minimum absolute atomic E-state index is 0.0239. The fourth-order valence-electron chi connectivity index (χ4n) is 2.19. The van der Waals surface area contributed by atoms with E-state index in [1.54, 1.807) is 6.26 Å². The second-order valence-corrected chi connectivity index (χ2v) is 6.19. The fourth-order valence-corrected chi connectivity index (χ4v) is 2.98. The number of benzene rings is 1. The zero-order valence-electron chi connectivity index (χ0n) is 10.6. The van der Waals surface area contributed by atoms with Crippen molar-refractivity contribution in [3.05, 3.63) is 29.8 Å². The van der Waals surface area contributed by atoms with Gasteiger partial charge in [0.2, 0.25) is 5.91 Å². The third kappa shape index (κ3) is 3.10. The van der Waals surface area contributed by atoms with Crippen LogP contribution in [0.2, 0.25) is 0 Å². The van der Waals surface area contributed by atoms with Crippen LogP contribution in [0, 0.1) is 0 Å². The molecule has 1 heterocycles. The predicted molar refractivity (Wildman–Crippen MR) is 74.1 cm³/mol. The molecule has 0 saturated heterocycles. The first-order valence-corrected chi connectivity index (χ1v) is 7.74. The minimum Gasteiger partial charge on any atom is -0.373 e. The van der Waals surface area contributed by atoms with Crippen molar-refractivity contribution in [3.63, 3.8) is 0 Å². The van der Waals surface area contributed by atoms with E-state index in [1.165, 1.54) is 5.56 Å². The lowest BCUT2D eigenvalue weighted by molar-refractivity contribution is -0.122. The Morgan fingerprint density at radius 2 is 2.28 bits per heavy atom. The standard InChI is InChI=1S/C13H18N2O2S/c1-9(8-18(2)17)14-13(16)12-7-10-5-3-4-6-11(10)15-12/h3-6,9,12,15H,7-8H2,1-2H3,(H,14,16). The van der Waals surface area contributed by atoms with E-state index in [-0.39, 0.29) is 18.0 Å². The first-order chi connectivity index (χ1) is 8.56. The molecule has 1 aromatic carbocycles. The summed E-state index contributed by atoms with van der Waals surface area (Å²) in [5.74, 6) is 0.468. The molecule has 0 bridgehead atoms. The van der Waals surface area contributed by atoms with Crippen LogP contribution in [0.15, 0.2) is 24.3 Å². The summed E-state index contributed by atoms with van der Waals surface area (Å²) in [6.45, 7) is 1.88. The molecule has 1 aliphatic heterocycles. The zero-order chi connectivity index (χ0) is 13.1. The molecule has 3 atom stereocenters. The molecule has 0 spiro atoms. The summed E-state index contributed by atoms with van der Waals surface area (Å²) in [5, 5.41) is 6.10. The van der Waals surface area contributed by atoms with Crippen LogP contribution in [-0.2, 0) is 22.0 Å². The highest BCUT2D eigenvalue weighted by Gasteiger charge is 2.26. The van der Waals surface area contributed by atoms with Gasteiger partial charge in [-0.05, 0) is 18.6 Å². The van der Waals surface area contributed by atoms with Crippen molar-refractivity contribution in [2.75, 3.05) is 17.3 Å². The van der Waals surface area contributed by atoms with Crippen LogP contribution >= 0.6 is 0 Å². The number of fused-ring (bicyclic) bond motifs is 1. The van der Waals surface area contributed by atoms with Crippen molar-refractivity contribution in [2.45, 2.75) is 25.4 Å². The molecule has 0 fully saturated rings. The van der Waals surface area contributed by atoms with E-state index < -0.39 is 10.8 Å². The van der Waals surface area contributed by atoms with Gasteiger partial charge in [-0.25, -0.2) is 0 Å². The maximum atomic E-state index is 12.0. The fraction of sp³-hybridized carbons (Fsp3) is 0.462. The molecule has 5 heteroatoms. The third-order valence-electron chi connectivity index (χ3n) is 2.96. The van der Waals surface area contributed by atoms with Gasteiger partial charge in [0.05, 0.1) is 0 Å². The summed E-state index contributed by atoms with van der Waals surface area (Å²) < 4.78 is 11.1. The lowest BCUT2D eigenvalue weighted by Crippen LogP contribution is -2.44. The molecule has 0 radical (unpaired) electrons. The van der Waals surface area contributed by atoms with Crippen molar-refractivity contribution in [3.8, 4) is 0 Å². The van der Waals surface area contributed by atoms with Gasteiger partial charge in [-0.1, -0.05) is 18.2 Å². The average molecular weight is 266 g/mol. The Balaban J connectivity index is 1.91. The summed E-state index contributed by atoms with van der Waals surface area (Å²) in [6.07, 6.45) is 2.36. The summed E-state index contributed by atoms with van der Waals surface area (Å²) in [4.78, 5) is 12.0. The monoisotopic (exact) mass is 266 g/mol. The molecular formula is C13H18N2O2S. The summed E-state index contributed by atoms with van der Waals surface area (Å²) >= 11 is 0. The topological polar surface area (TPSA) is 58.2 Å². The number of hydrogen-bond donors (Lipinski definition) is 2. The predicted octanol–water partition coefficient (Wildman–Crippen LogP) is 0.906. The van der Waals surface area contributed by atoms with E-state index >= 15 is 0 Å². The van der Waals surface area contributed by atoms with Gasteiger partial charge < -0.3 is 10.6 Å². The normalized spacial score (nSPS) is 20.7. The molecule has 0 aromatic heterocycles. The summed E-state index contributed by atoms with van der Waals surface area (Å²) in [7, 11) is -0.889. The maximum absolute atomic E-state index is 12.0. The van der Waals surface area contributed by atoms with Gasteiger partial charge in [-0.2, -0.15) is 0 Å². The van der Waals surface area contributed by atoms with Gasteiger partial charge >= 0.3 is 0 Å². The number of carbonyl (C=O) groups excluding carboxylic acids is 1. The van der Waals surface area contributed by atoms with Crippen LogP contribution in [0.1, 0.15) is 12.5 Å². The van der Waals surface area contributed by atoms with Crippen LogP contribution in [0.4, 0.5) is 5.69 Å². The Morgan fingerprint density at radius 3 is 2.94 bits per heavy atom. The van der Waals surface area contributed by atoms with Gasteiger partial charge in [0, 0.05) is 41.0 Å². The first kappa shape index (κ1) is 13.1. The Kier molecular flexibility index (Phi) is 4.01. The minimum atomic E-state index is -0.889. The quantitative estimate of drug-likeness (QED) is 0.851. The number of anilines is 1. The van der Waals surface area contributed by atoms with Gasteiger partial charge in [0.15, 0.2) is 0 Å². The van der Waals surface area contributed by atoms with Crippen molar-refractivity contribution >= 4 is 22.4 Å². The number of para-hydroxylation sites is 1. The molecule has 2 rings (SSSR count). The molecule has 98 valence electrons. The second-order valence-electron chi connectivity index (χ2n) is 4.71. The van der Waals surface area contributed by atoms with Crippen molar-refractivity contribution in [1.82, 2.24) is 5.32 Å². The average Bonchev–Trinajstić information content (AvgIpc) is 2.71. The highest BCUT2D eigenvalue weighted by molar-refractivity contribution is 7.84. The maximum Gasteiger partial charge on any atom is 0.243 e. The molecule has 2 N–H and O–H groups in total. The highest BCUT2D eigenvalue weighted by Crippen LogP contribution is 2.25. The molecule has 0 aliphatic carbocycles. The second kappa shape index (κ2) is 5.52. The van der Waals surface area contributed by atoms with E-state index in [0.29, 0.717) is 12.2 Å². The van der Waals surface area contributed by atoms with Crippen LogP contribution < -0.4 is 10.6 Å². The SMILES string of the molecule is CC(CS(C)=O)NC(=O)C1Cc2ccccc2N1. The first-order valence-electron chi connectivity index (χ1n) is 6.01. The smallest absolute Gasteiger partial charge is 0.243 e. The van der Waals surface area contributed by atoms with Crippen LogP contribution in [0.3, 0.4) is 0 Å². The highest BCUT2D eigenvalue weighted by atomic mass is 32.2.